The van der Waals surface area contributed by atoms with Gasteiger partial charge in [-0.05, 0) is 117 Å². The number of tetrazole rings is 2. The summed E-state index contributed by atoms with van der Waals surface area (Å²) >= 11 is 0. The van der Waals surface area contributed by atoms with E-state index in [1.165, 1.54) is 22.3 Å². The predicted octanol–water partition coefficient (Wildman–Crippen LogP) is 9.77. The van der Waals surface area contributed by atoms with Gasteiger partial charge in [-0.15, -0.1) is 10.2 Å². The Hall–Kier alpha value is -8.80. The van der Waals surface area contributed by atoms with Gasteiger partial charge >= 0.3 is 0 Å². The molecule has 0 amide bonds. The molecule has 2 aliphatic heterocycles. The van der Waals surface area contributed by atoms with Crippen LogP contribution >= 0.6 is 0 Å². The fraction of sp³-hybridized carbons (Fsp3) is 0.250. The molecule has 10 aromatic rings. The Morgan fingerprint density at radius 1 is 0.425 bits per heavy atom. The number of hydrogen-bond acceptors (Lipinski definition) is 12. The molecule has 6 heterocycles. The predicted molar refractivity (Wildman–Crippen MR) is 315 cm³/mol. The Kier molecular flexibility index (Phi) is 16.8. The lowest BCUT2D eigenvalue weighted by atomic mass is 10.0. The second kappa shape index (κ2) is 25.3. The fourth-order valence-corrected chi connectivity index (χ4v) is 11.1. The summed E-state index contributed by atoms with van der Waals surface area (Å²) in [5, 5.41) is 26.6. The van der Waals surface area contributed by atoms with Crippen LogP contribution in [0.1, 0.15) is 68.2 Å². The molecule has 0 N–H and O–H groups in total. The summed E-state index contributed by atoms with van der Waals surface area (Å²) in [6.45, 7) is 18.0. The first-order valence-corrected chi connectivity index (χ1v) is 27.6. The third kappa shape index (κ3) is 12.4. The summed E-state index contributed by atoms with van der Waals surface area (Å²) in [7, 11) is 0. The first-order chi connectivity index (χ1) is 39.3. The maximum atomic E-state index is 4.62. The molecule has 0 aliphatic carbocycles. The molecule has 16 heteroatoms. The van der Waals surface area contributed by atoms with Gasteiger partial charge in [0.2, 0.25) is 0 Å². The highest BCUT2D eigenvalue weighted by atomic mass is 15.6. The second-order valence-electron chi connectivity index (χ2n) is 20.6. The number of piperazine rings is 2. The molecular weight excluding hydrogens is 993 g/mol. The van der Waals surface area contributed by atoms with E-state index in [9.17, 15) is 0 Å². The Balaban J connectivity index is 0.000000169. The van der Waals surface area contributed by atoms with E-state index in [-0.39, 0.29) is 12.1 Å². The summed E-state index contributed by atoms with van der Waals surface area (Å²) in [6, 6.07) is 50.8. The molecule has 2 saturated heterocycles. The van der Waals surface area contributed by atoms with Crippen molar-refractivity contribution in [1.82, 2.24) is 79.1 Å². The molecular formula is C64H68N16. The Morgan fingerprint density at radius 3 is 1.15 bits per heavy atom. The smallest absolute Gasteiger partial charge is 0.178 e. The molecule has 4 aromatic heterocycles. The van der Waals surface area contributed by atoms with Crippen LogP contribution in [0.5, 0.6) is 0 Å². The summed E-state index contributed by atoms with van der Waals surface area (Å²) in [5.41, 5.74) is 13.7. The van der Waals surface area contributed by atoms with E-state index in [1.807, 2.05) is 43.5 Å². The van der Waals surface area contributed by atoms with Gasteiger partial charge < -0.3 is 9.13 Å². The van der Waals surface area contributed by atoms with Crippen molar-refractivity contribution in [3.63, 3.8) is 0 Å². The van der Waals surface area contributed by atoms with E-state index in [0.717, 1.165) is 122 Å². The molecule has 80 heavy (non-hydrogen) atoms. The van der Waals surface area contributed by atoms with Gasteiger partial charge in [-0.3, -0.25) is 19.6 Å². The van der Waals surface area contributed by atoms with E-state index >= 15 is 0 Å². The molecule has 0 saturated carbocycles. The average molecular weight is 1060 g/mol. The molecule has 2 aliphatic rings. The zero-order chi connectivity index (χ0) is 54.6. The lowest BCUT2D eigenvalue weighted by Gasteiger charge is -2.38. The van der Waals surface area contributed by atoms with Gasteiger partial charge in [0.15, 0.2) is 11.6 Å². The number of hydrogen-bond donors (Lipinski definition) is 0. The van der Waals surface area contributed by atoms with Gasteiger partial charge in [-0.2, -0.15) is 9.36 Å². The third-order valence-electron chi connectivity index (χ3n) is 15.3. The molecule has 0 radical (unpaired) electrons. The van der Waals surface area contributed by atoms with Crippen molar-refractivity contribution in [2.45, 2.75) is 39.8 Å². The zero-order valence-electron chi connectivity index (χ0n) is 46.0. The number of benzene rings is 6. The largest absolute Gasteiger partial charge is 0.306 e. The van der Waals surface area contributed by atoms with Gasteiger partial charge in [0.25, 0.3) is 0 Å². The van der Waals surface area contributed by atoms with Gasteiger partial charge in [-0.1, -0.05) is 146 Å². The first kappa shape index (κ1) is 53.2. The van der Waals surface area contributed by atoms with Gasteiger partial charge in [-0.25, -0.2) is 9.97 Å². The monoisotopic (exact) mass is 1060 g/mol. The van der Waals surface area contributed by atoms with Crippen LogP contribution in [0.4, 0.5) is 0 Å². The minimum absolute atomic E-state index is 0.0761. The van der Waals surface area contributed by atoms with Crippen LogP contribution < -0.4 is 0 Å². The van der Waals surface area contributed by atoms with Crippen LogP contribution in [-0.2, 0) is 0 Å². The van der Waals surface area contributed by atoms with Gasteiger partial charge in [0.05, 0.1) is 36.1 Å². The quantitative estimate of drug-likeness (QED) is 0.0912. The summed E-state index contributed by atoms with van der Waals surface area (Å²) < 4.78 is 7.91. The third-order valence-corrected chi connectivity index (χ3v) is 15.3. The molecule has 12 rings (SSSR count). The van der Waals surface area contributed by atoms with E-state index in [0.29, 0.717) is 0 Å². The molecule has 0 spiro atoms. The summed E-state index contributed by atoms with van der Waals surface area (Å²) in [5.74, 6) is 1.68. The lowest BCUT2D eigenvalue weighted by molar-refractivity contribution is 0.113. The number of rotatable bonds is 16. The molecule has 2 atom stereocenters. The van der Waals surface area contributed by atoms with Gasteiger partial charge in [0.1, 0.15) is 0 Å². The van der Waals surface area contributed by atoms with Crippen molar-refractivity contribution in [1.29, 1.82) is 0 Å². The van der Waals surface area contributed by atoms with Crippen molar-refractivity contribution < 1.29 is 0 Å². The van der Waals surface area contributed by atoms with Crippen molar-refractivity contribution in [3.05, 3.63) is 251 Å². The maximum absolute atomic E-state index is 4.62. The highest BCUT2D eigenvalue weighted by Crippen LogP contribution is 2.34. The van der Waals surface area contributed by atoms with Crippen molar-refractivity contribution in [2.24, 2.45) is 0 Å². The van der Waals surface area contributed by atoms with Crippen molar-refractivity contribution in [2.75, 3.05) is 65.4 Å². The summed E-state index contributed by atoms with van der Waals surface area (Å²) in [6.07, 6.45) is 20.1. The minimum atomic E-state index is -0.0761. The second-order valence-corrected chi connectivity index (χ2v) is 20.6. The van der Waals surface area contributed by atoms with E-state index in [1.54, 1.807) is 12.4 Å². The number of imidazole rings is 2. The van der Waals surface area contributed by atoms with Crippen LogP contribution in [-0.4, -0.2) is 145 Å². The Labute approximate surface area is 468 Å². The normalized spacial score (nSPS) is 15.6. The van der Waals surface area contributed by atoms with Crippen LogP contribution in [0.2, 0.25) is 0 Å². The van der Waals surface area contributed by atoms with Gasteiger partial charge in [0, 0.05) is 102 Å². The Bertz CT molecular complexity index is 3290. The highest BCUT2D eigenvalue weighted by Gasteiger charge is 2.33. The molecule has 404 valence electrons. The van der Waals surface area contributed by atoms with E-state index < -0.39 is 0 Å². The van der Waals surface area contributed by atoms with Crippen LogP contribution in [0.25, 0.3) is 34.9 Å². The van der Waals surface area contributed by atoms with Crippen LogP contribution in [0.15, 0.2) is 195 Å². The standard InChI is InChI=1S/2C32H34N8/c2*1-25-8-6-9-26(2)30(25)40-32(34-35-36-40)31(28-13-15-29(16-14-28)39-19-17-33-24-39)38-22-20-37(21-23-38)18-7-12-27-10-4-3-5-11-27/h2*3-17,19,24,31H,18,20-23H2,1-2H3/b2*12-7+/t2*31-/m10/s1. The molecule has 2 fully saturated rings. The molecule has 16 nitrogen and oxygen atoms in total. The SMILES string of the molecule is Cc1cccc(C)c1-n1nnnc1[C@@H](c1ccc(-n2ccnc2)cc1)N1CCN(C/C=C/c2ccccc2)CC1.Cc1cccc(C)c1-n1nnnc1[C@H](c1ccc(-n2ccnc2)cc1)N1CCN(C/C=C/c2ccccc2)CC1. The zero-order valence-corrected chi connectivity index (χ0v) is 46.0. The lowest BCUT2D eigenvalue weighted by Crippen LogP contribution is -2.48. The van der Waals surface area contributed by atoms with E-state index in [4.69, 9.17) is 0 Å². The fourth-order valence-electron chi connectivity index (χ4n) is 11.1. The van der Waals surface area contributed by atoms with Crippen molar-refractivity contribution >= 4 is 12.2 Å². The van der Waals surface area contributed by atoms with E-state index in [2.05, 4.69) is 258 Å². The molecule has 0 unspecified atom stereocenters. The highest BCUT2D eigenvalue weighted by molar-refractivity contribution is 5.51. The average Bonchev–Trinajstić information content (AvgIpc) is 4.38. The van der Waals surface area contributed by atoms with Crippen LogP contribution in [0.3, 0.4) is 0 Å². The molecule has 0 bridgehead atoms. The molecule has 6 aromatic carbocycles. The number of nitrogens with zero attached hydrogens (tertiary/aromatic N) is 16. The summed E-state index contributed by atoms with van der Waals surface area (Å²) in [4.78, 5) is 18.4. The number of para-hydroxylation sites is 2. The number of aromatic nitrogens is 12. The maximum Gasteiger partial charge on any atom is 0.178 e. The number of aryl methyl sites for hydroxylation is 4. The van der Waals surface area contributed by atoms with Crippen LogP contribution in [0, 0.1) is 27.7 Å². The Morgan fingerprint density at radius 2 is 0.800 bits per heavy atom. The van der Waals surface area contributed by atoms with Crippen molar-refractivity contribution in [3.8, 4) is 22.7 Å². The topological polar surface area (TPSA) is 136 Å². The first-order valence-electron chi connectivity index (χ1n) is 27.6. The minimum Gasteiger partial charge on any atom is -0.306 e.